The summed E-state index contributed by atoms with van der Waals surface area (Å²) in [5.41, 5.74) is 5.62. The summed E-state index contributed by atoms with van der Waals surface area (Å²) < 4.78 is 14.1. The number of ether oxygens (including phenoxy) is 2. The number of rotatable bonds is 19. The Morgan fingerprint density at radius 1 is 0.750 bits per heavy atom. The molecule has 0 amide bonds. The molecule has 1 atom stereocenters. The van der Waals surface area contributed by atoms with Crippen molar-refractivity contribution in [1.82, 2.24) is 4.57 Å². The number of carboxylic acid groups (broad SMARTS) is 1. The molecule has 0 aliphatic rings. The smallest absolute Gasteiger partial charge is 0.546 e. The minimum Gasteiger partial charge on any atom is -0.546 e. The van der Waals surface area contributed by atoms with Gasteiger partial charge in [0.15, 0.2) is 0 Å². The van der Waals surface area contributed by atoms with Crippen molar-refractivity contribution in [3.63, 3.8) is 0 Å². The second-order valence-electron chi connectivity index (χ2n) is 11.4. The van der Waals surface area contributed by atoms with Crippen LogP contribution in [-0.4, -0.2) is 23.2 Å². The van der Waals surface area contributed by atoms with Crippen LogP contribution in [0.5, 0.6) is 11.5 Å². The Balaban J connectivity index is 0.00000529. The number of nitrogens with zero attached hydrogens (tertiary/aromatic N) is 1. The van der Waals surface area contributed by atoms with E-state index in [1.807, 2.05) is 54.6 Å². The predicted octanol–water partition coefficient (Wildman–Crippen LogP) is 4.97. The molecule has 0 spiro atoms. The average Bonchev–Trinajstić information content (AvgIpc) is 3.39. The molecule has 4 rings (SSSR count). The fourth-order valence-electron chi connectivity index (χ4n) is 5.44. The molecular formula is C38H46NNaO4. The Morgan fingerprint density at radius 3 is 2.09 bits per heavy atom. The molecule has 5 nitrogen and oxygen atoms in total. The van der Waals surface area contributed by atoms with Crippen molar-refractivity contribution in [1.29, 1.82) is 0 Å². The number of aryl methyl sites for hydroxylation is 2. The molecule has 0 aliphatic carbocycles. The number of aliphatic carboxylic acids is 1. The number of carboxylic acids is 1. The van der Waals surface area contributed by atoms with Gasteiger partial charge in [0.1, 0.15) is 17.6 Å². The molecular weight excluding hydrogens is 557 g/mol. The first-order valence-corrected chi connectivity index (χ1v) is 15.9. The third-order valence-electron chi connectivity index (χ3n) is 7.94. The summed E-state index contributed by atoms with van der Waals surface area (Å²) in [5.74, 6) is 0.204. The summed E-state index contributed by atoms with van der Waals surface area (Å²) in [6.07, 6.45) is 10.6. The summed E-state index contributed by atoms with van der Waals surface area (Å²) in [5, 5.41) is 11.7. The summed E-state index contributed by atoms with van der Waals surface area (Å²) in [4.78, 5) is 11.7. The van der Waals surface area contributed by atoms with E-state index < -0.39 is 12.1 Å². The molecule has 44 heavy (non-hydrogen) atoms. The van der Waals surface area contributed by atoms with Gasteiger partial charge in [0, 0.05) is 24.4 Å². The van der Waals surface area contributed by atoms with Crippen LogP contribution in [0.25, 0.3) is 11.3 Å². The third kappa shape index (κ3) is 11.5. The standard InChI is InChI=1S/C38H47NO4.Na/c1-3-4-5-6-7-8-10-14-31-18-22-34(23-19-31)42-28-13-27-39-30(2)17-26-36(39)33-20-24-35(25-21-33)43-37(38(40)41)29-32-15-11-9-12-16-32;/h9,11-12,15-26,37H,3-8,10,13-14,27-29H2,1-2H3,(H,40,41);/q;+1/p-1/t37-;/m1./s1. The number of aromatic nitrogens is 1. The second-order valence-corrected chi connectivity index (χ2v) is 11.4. The van der Waals surface area contributed by atoms with Crippen molar-refractivity contribution in [3.05, 3.63) is 108 Å². The van der Waals surface area contributed by atoms with Crippen LogP contribution in [0.1, 0.15) is 75.1 Å². The van der Waals surface area contributed by atoms with Gasteiger partial charge in [-0.3, -0.25) is 0 Å². The van der Waals surface area contributed by atoms with Gasteiger partial charge >= 0.3 is 29.6 Å². The molecule has 0 radical (unpaired) electrons. The van der Waals surface area contributed by atoms with Gasteiger partial charge in [-0.25, -0.2) is 0 Å². The topological polar surface area (TPSA) is 63.5 Å². The second kappa shape index (κ2) is 19.4. The molecule has 0 aliphatic heterocycles. The van der Waals surface area contributed by atoms with E-state index in [1.54, 1.807) is 0 Å². The number of carbonyl (C=O) groups is 1. The van der Waals surface area contributed by atoms with E-state index in [0.717, 1.165) is 42.0 Å². The van der Waals surface area contributed by atoms with E-state index in [2.05, 4.69) is 54.8 Å². The minimum atomic E-state index is -1.22. The first-order valence-electron chi connectivity index (χ1n) is 15.9. The molecule has 0 unspecified atom stereocenters. The fourth-order valence-corrected chi connectivity index (χ4v) is 5.44. The van der Waals surface area contributed by atoms with E-state index in [4.69, 9.17) is 9.47 Å². The van der Waals surface area contributed by atoms with Crippen molar-refractivity contribution in [3.8, 4) is 22.8 Å². The van der Waals surface area contributed by atoms with Gasteiger partial charge in [-0.15, -0.1) is 0 Å². The predicted molar refractivity (Wildman–Crippen MR) is 172 cm³/mol. The van der Waals surface area contributed by atoms with Gasteiger partial charge in [0.05, 0.1) is 12.6 Å². The van der Waals surface area contributed by atoms with Crippen molar-refractivity contribution < 1.29 is 48.9 Å². The van der Waals surface area contributed by atoms with E-state index >= 15 is 0 Å². The molecule has 4 aromatic rings. The molecule has 0 fully saturated rings. The van der Waals surface area contributed by atoms with Crippen LogP contribution in [-0.2, 0) is 24.2 Å². The molecule has 3 aromatic carbocycles. The van der Waals surface area contributed by atoms with E-state index in [1.165, 1.54) is 56.2 Å². The van der Waals surface area contributed by atoms with E-state index in [0.29, 0.717) is 12.4 Å². The number of hydrogen-bond donors (Lipinski definition) is 0. The Hall–Kier alpha value is -2.99. The van der Waals surface area contributed by atoms with Crippen LogP contribution < -0.4 is 44.1 Å². The van der Waals surface area contributed by atoms with Crippen LogP contribution >= 0.6 is 0 Å². The monoisotopic (exact) mass is 603 g/mol. The molecule has 0 bridgehead atoms. The number of unbranched alkanes of at least 4 members (excludes halogenated alkanes) is 6. The molecule has 1 heterocycles. The Kier molecular flexibility index (Phi) is 15.7. The van der Waals surface area contributed by atoms with Gasteiger partial charge in [-0.05, 0) is 91.4 Å². The van der Waals surface area contributed by atoms with E-state index in [9.17, 15) is 9.90 Å². The zero-order valence-corrected chi connectivity index (χ0v) is 28.8. The molecule has 0 N–H and O–H groups in total. The molecule has 6 heteroatoms. The fraction of sp³-hybridized carbons (Fsp3) is 0.395. The van der Waals surface area contributed by atoms with Crippen LogP contribution in [0.2, 0.25) is 0 Å². The summed E-state index contributed by atoms with van der Waals surface area (Å²) in [6, 6.07) is 29.9. The molecule has 0 saturated carbocycles. The van der Waals surface area contributed by atoms with Crippen LogP contribution in [0, 0.1) is 6.92 Å². The van der Waals surface area contributed by atoms with Crippen molar-refractivity contribution in [2.75, 3.05) is 6.61 Å². The van der Waals surface area contributed by atoms with Crippen LogP contribution in [0.15, 0.2) is 91.0 Å². The molecule has 1 aromatic heterocycles. The third-order valence-corrected chi connectivity index (χ3v) is 7.94. The number of carbonyl (C=O) groups excluding carboxylic acids is 1. The first kappa shape index (κ1) is 35.5. The SMILES string of the molecule is CCCCCCCCCc1ccc(OCCCn2c(C)ccc2-c2ccc(O[C@H](Cc3ccccc3)C(=O)[O-])cc2)cc1.[Na+]. The zero-order chi connectivity index (χ0) is 30.3. The number of benzene rings is 3. The van der Waals surface area contributed by atoms with Gasteiger partial charge in [0.25, 0.3) is 0 Å². The Morgan fingerprint density at radius 2 is 1.41 bits per heavy atom. The summed E-state index contributed by atoms with van der Waals surface area (Å²) in [7, 11) is 0. The molecule has 0 saturated heterocycles. The maximum atomic E-state index is 11.7. The van der Waals surface area contributed by atoms with Crippen molar-refractivity contribution in [2.24, 2.45) is 0 Å². The Labute approximate surface area is 285 Å². The summed E-state index contributed by atoms with van der Waals surface area (Å²) in [6.45, 7) is 5.86. The average molecular weight is 604 g/mol. The minimum absolute atomic E-state index is 0. The molecule has 228 valence electrons. The van der Waals surface area contributed by atoms with Gasteiger partial charge in [0.2, 0.25) is 0 Å². The maximum Gasteiger partial charge on any atom is 1.00 e. The van der Waals surface area contributed by atoms with Gasteiger partial charge in [-0.2, -0.15) is 0 Å². The largest absolute Gasteiger partial charge is 1.00 e. The summed E-state index contributed by atoms with van der Waals surface area (Å²) >= 11 is 0. The van der Waals surface area contributed by atoms with Crippen molar-refractivity contribution >= 4 is 5.97 Å². The quantitative estimate of drug-likeness (QED) is 0.112. The first-order chi connectivity index (χ1) is 21.0. The van der Waals surface area contributed by atoms with Crippen LogP contribution in [0.4, 0.5) is 0 Å². The number of hydrogen-bond acceptors (Lipinski definition) is 4. The zero-order valence-electron chi connectivity index (χ0n) is 26.8. The van der Waals surface area contributed by atoms with Crippen LogP contribution in [0.3, 0.4) is 0 Å². The maximum absolute atomic E-state index is 11.7. The normalized spacial score (nSPS) is 11.5. The van der Waals surface area contributed by atoms with Gasteiger partial charge in [-0.1, -0.05) is 87.9 Å². The van der Waals surface area contributed by atoms with E-state index in [-0.39, 0.29) is 36.0 Å². The Bertz CT molecular complexity index is 1370. The van der Waals surface area contributed by atoms with Crippen molar-refractivity contribution in [2.45, 2.75) is 90.7 Å². The van der Waals surface area contributed by atoms with Gasteiger partial charge < -0.3 is 23.9 Å².